The maximum Gasteiger partial charge on any atom is 0.345 e. The second kappa shape index (κ2) is 7.63. The quantitative estimate of drug-likeness (QED) is 0.349. The smallest absolute Gasteiger partial charge is 0.345 e. The molecule has 0 aliphatic carbocycles. The van der Waals surface area contributed by atoms with Gasteiger partial charge in [0.2, 0.25) is 0 Å². The Morgan fingerprint density at radius 2 is 1.67 bits per heavy atom. The Balaban J connectivity index is 1.56. The zero-order valence-corrected chi connectivity index (χ0v) is 16.1. The van der Waals surface area contributed by atoms with Crippen molar-refractivity contribution >= 4 is 33.3 Å². The third-order valence-corrected chi connectivity index (χ3v) is 4.70. The van der Waals surface area contributed by atoms with Crippen LogP contribution < -0.4 is 21.2 Å². The Morgan fingerprint density at radius 3 is 2.40 bits per heavy atom. The van der Waals surface area contributed by atoms with Crippen molar-refractivity contribution in [2.45, 2.75) is 0 Å². The van der Waals surface area contributed by atoms with Crippen LogP contribution in [0.1, 0.15) is 15.9 Å². The van der Waals surface area contributed by atoms with E-state index in [0.717, 1.165) is 10.8 Å². The molecule has 0 bridgehead atoms. The number of carbonyl (C=O) groups excluding carboxylic acids is 1. The summed E-state index contributed by atoms with van der Waals surface area (Å²) < 4.78 is 10.5. The second-order valence-electron chi connectivity index (χ2n) is 6.63. The van der Waals surface area contributed by atoms with Crippen molar-refractivity contribution in [2.24, 2.45) is 0 Å². The number of phenols is 1. The van der Waals surface area contributed by atoms with Gasteiger partial charge in [-0.05, 0) is 47.2 Å². The van der Waals surface area contributed by atoms with E-state index in [-0.39, 0.29) is 22.6 Å². The fourth-order valence-corrected chi connectivity index (χ4v) is 3.12. The molecule has 0 fully saturated rings. The predicted octanol–water partition coefficient (Wildman–Crippen LogP) is 3.57. The van der Waals surface area contributed by atoms with E-state index in [0.29, 0.717) is 16.7 Å². The fourth-order valence-electron chi connectivity index (χ4n) is 3.12. The van der Waals surface area contributed by atoms with Crippen molar-refractivity contribution in [3.8, 4) is 11.5 Å². The number of nitrogens with one attached hydrogen (secondary N) is 2. The first-order valence-corrected chi connectivity index (χ1v) is 9.05. The SMILES string of the molecule is C=C(NNC(=O)c1cc2ccccc2cc1O)c1cc2cc(OC)ccc2oc1=O. The number of hydrazine groups is 1. The topological polar surface area (TPSA) is 101 Å². The lowest BCUT2D eigenvalue weighted by Gasteiger charge is -2.12. The van der Waals surface area contributed by atoms with E-state index < -0.39 is 11.5 Å². The summed E-state index contributed by atoms with van der Waals surface area (Å²) >= 11 is 0. The van der Waals surface area contributed by atoms with Crippen LogP contribution in [0.3, 0.4) is 0 Å². The minimum atomic E-state index is -0.604. The van der Waals surface area contributed by atoms with E-state index in [4.69, 9.17) is 9.15 Å². The number of methoxy groups -OCH3 is 1. The molecule has 150 valence electrons. The van der Waals surface area contributed by atoms with Crippen LogP contribution in [0.15, 0.2) is 76.5 Å². The van der Waals surface area contributed by atoms with E-state index in [9.17, 15) is 14.7 Å². The maximum atomic E-state index is 12.5. The summed E-state index contributed by atoms with van der Waals surface area (Å²) in [6.45, 7) is 3.79. The van der Waals surface area contributed by atoms with E-state index in [1.807, 2.05) is 24.3 Å². The van der Waals surface area contributed by atoms with Crippen molar-refractivity contribution in [3.63, 3.8) is 0 Å². The predicted molar refractivity (Wildman–Crippen MR) is 114 cm³/mol. The summed E-state index contributed by atoms with van der Waals surface area (Å²) in [5.74, 6) is -0.122. The lowest BCUT2D eigenvalue weighted by Crippen LogP contribution is -2.36. The number of rotatable bonds is 5. The van der Waals surface area contributed by atoms with Crippen LogP contribution in [0.25, 0.3) is 27.4 Å². The zero-order chi connectivity index (χ0) is 21.3. The van der Waals surface area contributed by atoms with E-state index >= 15 is 0 Å². The lowest BCUT2D eigenvalue weighted by atomic mass is 10.1. The molecule has 0 saturated heterocycles. The van der Waals surface area contributed by atoms with Gasteiger partial charge in [-0.3, -0.25) is 15.6 Å². The molecule has 4 aromatic rings. The molecular weight excluding hydrogens is 384 g/mol. The van der Waals surface area contributed by atoms with E-state index in [2.05, 4.69) is 17.4 Å². The number of fused-ring (bicyclic) bond motifs is 2. The Kier molecular flexibility index (Phi) is 4.85. The highest BCUT2D eigenvalue weighted by Gasteiger charge is 2.14. The summed E-state index contributed by atoms with van der Waals surface area (Å²) in [7, 11) is 1.54. The van der Waals surface area contributed by atoms with Crippen LogP contribution in [0.5, 0.6) is 11.5 Å². The maximum absolute atomic E-state index is 12.5. The number of amides is 1. The summed E-state index contributed by atoms with van der Waals surface area (Å²) in [5.41, 5.74) is 5.24. The molecule has 3 N–H and O–H groups in total. The monoisotopic (exact) mass is 402 g/mol. The molecule has 0 aliphatic rings. The molecule has 1 amide bonds. The molecular formula is C23H18N2O5. The molecule has 0 aliphatic heterocycles. The minimum absolute atomic E-state index is 0.0873. The van der Waals surface area contributed by atoms with Gasteiger partial charge >= 0.3 is 5.63 Å². The summed E-state index contributed by atoms with van der Waals surface area (Å²) in [5, 5.41) is 12.5. The highest BCUT2D eigenvalue weighted by Crippen LogP contribution is 2.25. The molecule has 0 spiro atoms. The standard InChI is InChI=1S/C23H18N2O5/c1-13(18-11-16-9-17(29-2)7-8-21(16)30-23(18)28)24-25-22(27)19-10-14-5-3-4-6-15(14)12-20(19)26/h3-12,24,26H,1H2,2H3,(H,25,27). The second-order valence-corrected chi connectivity index (χ2v) is 6.63. The Morgan fingerprint density at radius 1 is 0.967 bits per heavy atom. The molecule has 30 heavy (non-hydrogen) atoms. The van der Waals surface area contributed by atoms with Gasteiger partial charge < -0.3 is 14.3 Å². The lowest BCUT2D eigenvalue weighted by molar-refractivity contribution is 0.0940. The molecule has 0 atom stereocenters. The van der Waals surface area contributed by atoms with Crippen molar-refractivity contribution in [1.29, 1.82) is 0 Å². The number of ether oxygens (including phenoxy) is 1. The van der Waals surface area contributed by atoms with Crippen LogP contribution in [0, 0.1) is 0 Å². The van der Waals surface area contributed by atoms with Gasteiger partial charge in [0.25, 0.3) is 5.91 Å². The molecule has 4 rings (SSSR count). The molecule has 1 heterocycles. The molecule has 3 aromatic carbocycles. The van der Waals surface area contributed by atoms with E-state index in [1.54, 1.807) is 37.4 Å². The molecule has 7 nitrogen and oxygen atoms in total. The normalized spacial score (nSPS) is 10.7. The van der Waals surface area contributed by atoms with Gasteiger partial charge in [0, 0.05) is 5.39 Å². The first kappa shape index (κ1) is 19.1. The van der Waals surface area contributed by atoms with Gasteiger partial charge in [-0.25, -0.2) is 4.79 Å². The van der Waals surface area contributed by atoms with Crippen LogP contribution >= 0.6 is 0 Å². The summed E-state index contributed by atoms with van der Waals surface area (Å²) in [6, 6.07) is 17.1. The number of hydrogen-bond acceptors (Lipinski definition) is 6. The van der Waals surface area contributed by atoms with Crippen molar-refractivity contribution < 1.29 is 19.1 Å². The summed E-state index contributed by atoms with van der Waals surface area (Å²) in [4.78, 5) is 24.8. The molecule has 0 saturated carbocycles. The third-order valence-electron chi connectivity index (χ3n) is 4.70. The zero-order valence-electron chi connectivity index (χ0n) is 16.1. The Hall–Kier alpha value is -4.26. The molecule has 7 heteroatoms. The van der Waals surface area contributed by atoms with Crippen molar-refractivity contribution in [2.75, 3.05) is 7.11 Å². The number of aromatic hydroxyl groups is 1. The number of hydrogen-bond donors (Lipinski definition) is 3. The van der Waals surface area contributed by atoms with Gasteiger partial charge in [-0.1, -0.05) is 30.8 Å². The first-order chi connectivity index (χ1) is 14.5. The van der Waals surface area contributed by atoms with Crippen LogP contribution in [0.4, 0.5) is 0 Å². The average molecular weight is 402 g/mol. The number of benzene rings is 3. The Labute approximate surface area is 171 Å². The van der Waals surface area contributed by atoms with E-state index in [1.165, 1.54) is 6.07 Å². The largest absolute Gasteiger partial charge is 0.507 e. The highest BCUT2D eigenvalue weighted by molar-refractivity contribution is 6.01. The first-order valence-electron chi connectivity index (χ1n) is 9.05. The van der Waals surface area contributed by atoms with Gasteiger partial charge in [-0.15, -0.1) is 0 Å². The number of phenolic OH excluding ortho intramolecular Hbond substituents is 1. The number of carbonyl (C=O) groups is 1. The minimum Gasteiger partial charge on any atom is -0.507 e. The average Bonchev–Trinajstić information content (AvgIpc) is 2.75. The molecule has 0 unspecified atom stereocenters. The van der Waals surface area contributed by atoms with Gasteiger partial charge in [-0.2, -0.15) is 0 Å². The molecule has 1 aromatic heterocycles. The molecule has 0 radical (unpaired) electrons. The third kappa shape index (κ3) is 3.56. The van der Waals surface area contributed by atoms with Crippen LogP contribution in [-0.2, 0) is 0 Å². The van der Waals surface area contributed by atoms with Gasteiger partial charge in [0.1, 0.15) is 17.1 Å². The van der Waals surface area contributed by atoms with Crippen molar-refractivity contribution in [1.82, 2.24) is 10.9 Å². The van der Waals surface area contributed by atoms with Crippen LogP contribution in [0.2, 0.25) is 0 Å². The fraction of sp³-hybridized carbons (Fsp3) is 0.0435. The van der Waals surface area contributed by atoms with Gasteiger partial charge in [0.05, 0.1) is 23.9 Å². The van der Waals surface area contributed by atoms with Gasteiger partial charge in [0.15, 0.2) is 0 Å². The highest BCUT2D eigenvalue weighted by atomic mass is 16.5. The summed E-state index contributed by atoms with van der Waals surface area (Å²) in [6.07, 6.45) is 0. The Bertz CT molecular complexity index is 1360. The van der Waals surface area contributed by atoms with Crippen molar-refractivity contribution in [3.05, 3.63) is 88.8 Å². The van der Waals surface area contributed by atoms with Crippen LogP contribution in [-0.4, -0.2) is 18.1 Å².